The Kier molecular flexibility index (Phi) is 6.49. The van der Waals surface area contributed by atoms with Crippen LogP contribution < -0.4 is 5.32 Å². The predicted octanol–water partition coefficient (Wildman–Crippen LogP) is 2.94. The normalized spacial score (nSPS) is 19.9. The number of piperidine rings is 1. The molecule has 0 radical (unpaired) electrons. The second kappa shape index (κ2) is 9.21. The number of carbonyl (C=O) groups is 3. The maximum absolute atomic E-state index is 13.6. The molecule has 1 spiro atoms. The van der Waals surface area contributed by atoms with Crippen molar-refractivity contribution in [2.45, 2.75) is 51.9 Å². The number of hydrogen-bond donors (Lipinski definition) is 1. The van der Waals surface area contributed by atoms with Crippen molar-refractivity contribution in [1.29, 1.82) is 0 Å². The van der Waals surface area contributed by atoms with Gasteiger partial charge in [0.15, 0.2) is 0 Å². The number of carbonyl (C=O) groups excluding carboxylic acids is 3. The predicted molar refractivity (Wildman–Crippen MR) is 121 cm³/mol. The number of nitrogens with one attached hydrogen (secondary N) is 1. The molecule has 2 aliphatic heterocycles. The Morgan fingerprint density at radius 3 is 2.38 bits per heavy atom. The van der Waals surface area contributed by atoms with Crippen molar-refractivity contribution in [3.8, 4) is 0 Å². The second-order valence-corrected chi connectivity index (χ2v) is 9.79. The molecule has 0 bridgehead atoms. The molecule has 1 N–H and O–H groups in total. The van der Waals surface area contributed by atoms with Gasteiger partial charge in [-0.25, -0.2) is 4.39 Å². The van der Waals surface area contributed by atoms with E-state index in [1.807, 2.05) is 20.8 Å². The van der Waals surface area contributed by atoms with Crippen LogP contribution in [0.25, 0.3) is 0 Å². The Hall–Kier alpha value is -3.20. The number of rotatable bonds is 4. The van der Waals surface area contributed by atoms with E-state index in [0.717, 1.165) is 0 Å². The average molecular weight is 472 g/mol. The highest BCUT2D eigenvalue weighted by Gasteiger charge is 2.54. The molecule has 1 aromatic heterocycles. The summed E-state index contributed by atoms with van der Waals surface area (Å²) < 4.78 is 24.9. The minimum Gasteiger partial charge on any atom is -0.467 e. The Morgan fingerprint density at radius 1 is 1.12 bits per heavy atom. The highest BCUT2D eigenvalue weighted by Crippen LogP contribution is 2.39. The van der Waals surface area contributed by atoms with Gasteiger partial charge in [0.25, 0.3) is 5.91 Å². The molecule has 0 aliphatic carbocycles. The Bertz CT molecular complexity index is 1040. The topological polar surface area (TPSA) is 92.1 Å². The maximum atomic E-state index is 13.6. The van der Waals surface area contributed by atoms with E-state index in [2.05, 4.69) is 5.32 Å². The zero-order chi connectivity index (χ0) is 24.5. The molecule has 1 aromatic carbocycles. The molecule has 0 unspecified atom stereocenters. The third-order valence-electron chi connectivity index (χ3n) is 6.36. The highest BCUT2D eigenvalue weighted by atomic mass is 19.1. The highest BCUT2D eigenvalue weighted by molar-refractivity contribution is 5.98. The van der Waals surface area contributed by atoms with Crippen molar-refractivity contribution in [2.24, 2.45) is 5.41 Å². The number of ether oxygens (including phenoxy) is 1. The molecule has 3 heterocycles. The fraction of sp³-hybridized carbons (Fsp3) is 0.480. The van der Waals surface area contributed by atoms with E-state index in [4.69, 9.17) is 9.15 Å². The number of halogens is 1. The molecule has 0 saturated carbocycles. The van der Waals surface area contributed by atoms with Gasteiger partial charge in [-0.2, -0.15) is 0 Å². The quantitative estimate of drug-likeness (QED) is 0.740. The van der Waals surface area contributed by atoms with Gasteiger partial charge in [0, 0.05) is 36.9 Å². The summed E-state index contributed by atoms with van der Waals surface area (Å²) in [5.74, 6) is -0.606. The van der Waals surface area contributed by atoms with Crippen LogP contribution in [0.4, 0.5) is 4.39 Å². The minimum absolute atomic E-state index is 0.0319. The largest absolute Gasteiger partial charge is 0.467 e. The molecule has 2 saturated heterocycles. The lowest BCUT2D eigenvalue weighted by molar-refractivity contribution is -0.150. The lowest BCUT2D eigenvalue weighted by Crippen LogP contribution is -2.60. The van der Waals surface area contributed by atoms with Gasteiger partial charge in [-0.05, 0) is 36.4 Å². The monoisotopic (exact) mass is 471 g/mol. The van der Waals surface area contributed by atoms with Gasteiger partial charge in [-0.3, -0.25) is 19.3 Å². The van der Waals surface area contributed by atoms with E-state index in [9.17, 15) is 18.8 Å². The fourth-order valence-electron chi connectivity index (χ4n) is 4.54. The summed E-state index contributed by atoms with van der Waals surface area (Å²) in [5, 5.41) is 2.81. The molecular weight excluding hydrogens is 441 g/mol. The minimum atomic E-state index is -1.02. The van der Waals surface area contributed by atoms with Gasteiger partial charge >= 0.3 is 0 Å². The molecule has 2 fully saturated rings. The lowest BCUT2D eigenvalue weighted by atomic mass is 9.91. The zero-order valence-corrected chi connectivity index (χ0v) is 19.7. The molecule has 8 nitrogen and oxygen atoms in total. The number of nitrogens with zero attached hydrogens (tertiary/aromatic N) is 2. The molecule has 34 heavy (non-hydrogen) atoms. The first kappa shape index (κ1) is 23.9. The number of hydrogen-bond acceptors (Lipinski definition) is 5. The van der Waals surface area contributed by atoms with Crippen molar-refractivity contribution >= 4 is 17.7 Å². The fourth-order valence-corrected chi connectivity index (χ4v) is 4.54. The summed E-state index contributed by atoms with van der Waals surface area (Å²) in [6.07, 6.45) is 2.28. The van der Waals surface area contributed by atoms with E-state index in [1.165, 1.54) is 35.4 Å². The van der Waals surface area contributed by atoms with Gasteiger partial charge in [0.05, 0.1) is 19.4 Å². The molecule has 4 rings (SSSR count). The van der Waals surface area contributed by atoms with E-state index in [-0.39, 0.29) is 30.5 Å². The van der Waals surface area contributed by atoms with Gasteiger partial charge in [0.1, 0.15) is 23.3 Å². The van der Waals surface area contributed by atoms with Crippen LogP contribution in [-0.4, -0.2) is 59.0 Å². The lowest BCUT2D eigenvalue weighted by Gasteiger charge is -2.45. The number of benzene rings is 1. The summed E-state index contributed by atoms with van der Waals surface area (Å²) in [5.41, 5.74) is -1.27. The van der Waals surface area contributed by atoms with Crippen LogP contribution in [0.3, 0.4) is 0 Å². The average Bonchev–Trinajstić information content (AvgIpc) is 3.45. The summed E-state index contributed by atoms with van der Waals surface area (Å²) in [6.45, 7) is 6.64. The van der Waals surface area contributed by atoms with Gasteiger partial charge in [-0.15, -0.1) is 0 Å². The van der Waals surface area contributed by atoms with E-state index in [1.54, 1.807) is 17.0 Å². The van der Waals surface area contributed by atoms with Crippen LogP contribution in [0.1, 0.15) is 49.7 Å². The third kappa shape index (κ3) is 4.70. The summed E-state index contributed by atoms with van der Waals surface area (Å²) in [7, 11) is 0. The molecule has 9 heteroatoms. The zero-order valence-electron chi connectivity index (χ0n) is 19.7. The van der Waals surface area contributed by atoms with Crippen LogP contribution in [0, 0.1) is 11.2 Å². The second-order valence-electron chi connectivity index (χ2n) is 9.79. The first-order chi connectivity index (χ1) is 16.1. The van der Waals surface area contributed by atoms with Crippen molar-refractivity contribution < 1.29 is 27.9 Å². The van der Waals surface area contributed by atoms with Gasteiger partial charge in [-0.1, -0.05) is 20.8 Å². The molecular formula is C25H30FN3O5. The van der Waals surface area contributed by atoms with Crippen LogP contribution >= 0.6 is 0 Å². The van der Waals surface area contributed by atoms with Gasteiger partial charge < -0.3 is 19.4 Å². The standard InChI is InChI=1S/C25H30FN3O5/c1-24(2,3)23(32)28-12-10-25(11-13-28)29(22(31)17-6-8-18(26)9-7-17)20(16-34-25)21(30)27-15-19-5-4-14-33-19/h4-9,14,20H,10-13,15-16H2,1-3H3,(H,27,30)/t20-/m0/s1. The summed E-state index contributed by atoms with van der Waals surface area (Å²) in [4.78, 5) is 42.7. The smallest absolute Gasteiger partial charge is 0.256 e. The Balaban J connectivity index is 1.57. The molecule has 3 amide bonds. The van der Waals surface area contributed by atoms with Crippen molar-refractivity contribution in [3.05, 3.63) is 59.8 Å². The molecule has 182 valence electrons. The van der Waals surface area contributed by atoms with Crippen LogP contribution in [0.5, 0.6) is 0 Å². The van der Waals surface area contributed by atoms with Crippen molar-refractivity contribution in [3.63, 3.8) is 0 Å². The Morgan fingerprint density at radius 2 is 1.79 bits per heavy atom. The SMILES string of the molecule is CC(C)(C)C(=O)N1CCC2(CC1)OC[C@@H](C(=O)NCc1ccco1)N2C(=O)c1ccc(F)cc1. The van der Waals surface area contributed by atoms with E-state index in [0.29, 0.717) is 31.7 Å². The first-order valence-corrected chi connectivity index (χ1v) is 11.4. The summed E-state index contributed by atoms with van der Waals surface area (Å²) >= 11 is 0. The van der Waals surface area contributed by atoms with Crippen LogP contribution in [0.2, 0.25) is 0 Å². The van der Waals surface area contributed by atoms with E-state index < -0.39 is 28.9 Å². The van der Waals surface area contributed by atoms with Crippen molar-refractivity contribution in [1.82, 2.24) is 15.1 Å². The molecule has 2 aromatic rings. The van der Waals surface area contributed by atoms with Crippen LogP contribution in [0.15, 0.2) is 47.1 Å². The summed E-state index contributed by atoms with van der Waals surface area (Å²) in [6, 6.07) is 7.85. The number of furan rings is 1. The molecule has 2 aliphatic rings. The first-order valence-electron chi connectivity index (χ1n) is 11.4. The third-order valence-corrected chi connectivity index (χ3v) is 6.36. The van der Waals surface area contributed by atoms with Gasteiger partial charge in [0.2, 0.25) is 11.8 Å². The van der Waals surface area contributed by atoms with Crippen LogP contribution in [-0.2, 0) is 20.9 Å². The number of amides is 3. The van der Waals surface area contributed by atoms with E-state index >= 15 is 0 Å². The van der Waals surface area contributed by atoms with Crippen molar-refractivity contribution in [2.75, 3.05) is 19.7 Å². The number of likely N-dealkylation sites (tertiary alicyclic amines) is 1. The maximum Gasteiger partial charge on any atom is 0.256 e. The Labute approximate surface area is 198 Å². The molecule has 1 atom stereocenters.